The molecule has 0 spiro atoms. The third-order valence-electron chi connectivity index (χ3n) is 2.87. The summed E-state index contributed by atoms with van der Waals surface area (Å²) in [5, 5.41) is 6.83. The molecule has 0 aromatic heterocycles. The maximum absolute atomic E-state index is 11.0. The Morgan fingerprint density at radius 3 is 3.00 bits per heavy atom. The Balaban J connectivity index is 2.03. The number of piperazine rings is 1. The van der Waals surface area contributed by atoms with Crippen LogP contribution in [0, 0.1) is 6.92 Å². The Hall–Kier alpha value is -1.06. The van der Waals surface area contributed by atoms with Gasteiger partial charge < -0.3 is 10.6 Å². The lowest BCUT2D eigenvalue weighted by molar-refractivity contribution is -0.121. The van der Waals surface area contributed by atoms with E-state index in [0.29, 0.717) is 19.1 Å². The van der Waals surface area contributed by atoms with E-state index in [1.165, 1.54) is 11.1 Å². The van der Waals surface area contributed by atoms with Gasteiger partial charge in [0.2, 0.25) is 5.91 Å². The number of carbonyl (C=O) groups excluding carboxylic acids is 1. The maximum atomic E-state index is 11.0. The van der Waals surface area contributed by atoms with Gasteiger partial charge in [0.1, 0.15) is 0 Å². The lowest BCUT2D eigenvalue weighted by Gasteiger charge is -2.24. The summed E-state index contributed by atoms with van der Waals surface area (Å²) < 4.78 is 0. The molecule has 2 rings (SSSR count). The number of amides is 1. The molecular weight excluding hydrogens is 224 g/mol. The van der Waals surface area contributed by atoms with Gasteiger partial charge in [-0.2, -0.15) is 0 Å². The van der Waals surface area contributed by atoms with Crippen LogP contribution in [0.5, 0.6) is 0 Å². The van der Waals surface area contributed by atoms with Gasteiger partial charge in [0, 0.05) is 17.6 Å². The van der Waals surface area contributed by atoms with Gasteiger partial charge in [-0.25, -0.2) is 0 Å². The van der Waals surface area contributed by atoms with Crippen LogP contribution >= 0.6 is 11.6 Å². The van der Waals surface area contributed by atoms with Crippen LogP contribution in [0.1, 0.15) is 11.1 Å². The molecule has 16 heavy (non-hydrogen) atoms. The van der Waals surface area contributed by atoms with Crippen LogP contribution in [0.2, 0.25) is 5.02 Å². The van der Waals surface area contributed by atoms with Gasteiger partial charge >= 0.3 is 0 Å². The average Bonchev–Trinajstić information content (AvgIpc) is 2.27. The number of benzene rings is 1. The smallest absolute Gasteiger partial charge is 0.234 e. The number of aryl methyl sites for hydroxylation is 1. The van der Waals surface area contributed by atoms with Crippen molar-refractivity contribution in [3.63, 3.8) is 0 Å². The highest BCUT2D eigenvalue weighted by Crippen LogP contribution is 2.17. The van der Waals surface area contributed by atoms with Crippen molar-refractivity contribution in [3.8, 4) is 0 Å². The molecular formula is C12H15ClN2O. The summed E-state index contributed by atoms with van der Waals surface area (Å²) in [6.45, 7) is 3.17. The average molecular weight is 239 g/mol. The Labute approximate surface area is 100 Å². The summed E-state index contributed by atoms with van der Waals surface area (Å²) in [5.74, 6) is 0.0686. The number of carbonyl (C=O) groups is 1. The van der Waals surface area contributed by atoms with Crippen molar-refractivity contribution in [2.45, 2.75) is 19.4 Å². The normalized spacial score (nSPS) is 20.6. The largest absolute Gasteiger partial charge is 0.353 e. The Morgan fingerprint density at radius 1 is 1.50 bits per heavy atom. The second-order valence-electron chi connectivity index (χ2n) is 4.16. The van der Waals surface area contributed by atoms with Crippen molar-refractivity contribution in [1.29, 1.82) is 0 Å². The lowest BCUT2D eigenvalue weighted by atomic mass is 10.0. The molecule has 0 aliphatic carbocycles. The first kappa shape index (κ1) is 11.4. The third kappa shape index (κ3) is 2.74. The molecule has 0 radical (unpaired) electrons. The second kappa shape index (κ2) is 4.85. The fraction of sp³-hybridized carbons (Fsp3) is 0.417. The number of hydrogen-bond donors (Lipinski definition) is 2. The Morgan fingerprint density at radius 2 is 2.31 bits per heavy atom. The zero-order valence-corrected chi connectivity index (χ0v) is 9.97. The van der Waals surface area contributed by atoms with E-state index in [1.807, 2.05) is 18.2 Å². The molecule has 86 valence electrons. The highest BCUT2D eigenvalue weighted by Gasteiger charge is 2.17. The van der Waals surface area contributed by atoms with Crippen LogP contribution in [0.4, 0.5) is 0 Å². The summed E-state index contributed by atoms with van der Waals surface area (Å²) in [7, 11) is 0. The Kier molecular flexibility index (Phi) is 3.46. The van der Waals surface area contributed by atoms with Gasteiger partial charge in [0.15, 0.2) is 0 Å². The van der Waals surface area contributed by atoms with Crippen LogP contribution in [0.15, 0.2) is 18.2 Å². The van der Waals surface area contributed by atoms with E-state index in [4.69, 9.17) is 11.6 Å². The summed E-state index contributed by atoms with van der Waals surface area (Å²) in [6.07, 6.45) is 0.896. The van der Waals surface area contributed by atoms with E-state index in [9.17, 15) is 4.79 Å². The van der Waals surface area contributed by atoms with Gasteiger partial charge in [0.05, 0.1) is 6.54 Å². The molecule has 1 saturated heterocycles. The van der Waals surface area contributed by atoms with Crippen LogP contribution in [-0.4, -0.2) is 25.0 Å². The van der Waals surface area contributed by atoms with E-state index in [2.05, 4.69) is 17.6 Å². The van der Waals surface area contributed by atoms with Crippen molar-refractivity contribution in [1.82, 2.24) is 10.6 Å². The minimum Gasteiger partial charge on any atom is -0.353 e. The minimum absolute atomic E-state index is 0.0686. The van der Waals surface area contributed by atoms with Crippen molar-refractivity contribution in [2.75, 3.05) is 13.1 Å². The molecule has 1 atom stereocenters. The predicted octanol–water partition coefficient (Wildman–Crippen LogP) is 1.28. The SMILES string of the molecule is Cc1ccc(Cl)cc1CC1CNC(=O)CN1. The molecule has 1 aliphatic heterocycles. The molecule has 1 heterocycles. The molecule has 1 aliphatic rings. The minimum atomic E-state index is 0.0686. The zero-order valence-electron chi connectivity index (χ0n) is 9.22. The molecule has 4 heteroatoms. The van der Waals surface area contributed by atoms with Crippen molar-refractivity contribution in [3.05, 3.63) is 34.3 Å². The fourth-order valence-corrected chi connectivity index (χ4v) is 2.07. The fourth-order valence-electron chi connectivity index (χ4n) is 1.88. The van der Waals surface area contributed by atoms with Crippen LogP contribution < -0.4 is 10.6 Å². The first-order valence-corrected chi connectivity index (χ1v) is 5.78. The van der Waals surface area contributed by atoms with Crippen molar-refractivity contribution < 1.29 is 4.79 Å². The van der Waals surface area contributed by atoms with Crippen molar-refractivity contribution in [2.24, 2.45) is 0 Å². The van der Waals surface area contributed by atoms with E-state index in [-0.39, 0.29) is 5.91 Å². The third-order valence-corrected chi connectivity index (χ3v) is 3.11. The predicted molar refractivity (Wildman–Crippen MR) is 64.7 cm³/mol. The first-order chi connectivity index (χ1) is 7.65. The van der Waals surface area contributed by atoms with Gasteiger partial charge in [-0.05, 0) is 36.6 Å². The van der Waals surface area contributed by atoms with Crippen LogP contribution in [-0.2, 0) is 11.2 Å². The topological polar surface area (TPSA) is 41.1 Å². The Bertz CT molecular complexity index is 396. The number of nitrogens with one attached hydrogen (secondary N) is 2. The first-order valence-electron chi connectivity index (χ1n) is 5.40. The van der Waals surface area contributed by atoms with Crippen molar-refractivity contribution >= 4 is 17.5 Å². The monoisotopic (exact) mass is 238 g/mol. The molecule has 2 N–H and O–H groups in total. The van der Waals surface area contributed by atoms with Gasteiger partial charge in [-0.3, -0.25) is 4.79 Å². The van der Waals surface area contributed by atoms with Gasteiger partial charge in [0.25, 0.3) is 0 Å². The van der Waals surface area contributed by atoms with E-state index < -0.39 is 0 Å². The molecule has 0 saturated carbocycles. The number of rotatable bonds is 2. The summed E-state index contributed by atoms with van der Waals surface area (Å²) >= 11 is 5.97. The number of hydrogen-bond acceptors (Lipinski definition) is 2. The molecule has 1 amide bonds. The summed E-state index contributed by atoms with van der Waals surface area (Å²) in [6, 6.07) is 6.22. The summed E-state index contributed by atoms with van der Waals surface area (Å²) in [4.78, 5) is 11.0. The summed E-state index contributed by atoms with van der Waals surface area (Å²) in [5.41, 5.74) is 2.48. The van der Waals surface area contributed by atoms with Gasteiger partial charge in [-0.15, -0.1) is 0 Å². The van der Waals surface area contributed by atoms with Crippen LogP contribution in [0.3, 0.4) is 0 Å². The number of halogens is 1. The molecule has 0 bridgehead atoms. The second-order valence-corrected chi connectivity index (χ2v) is 4.59. The lowest BCUT2D eigenvalue weighted by Crippen LogP contribution is -2.52. The maximum Gasteiger partial charge on any atom is 0.234 e. The standard InChI is InChI=1S/C12H15ClN2O/c1-8-2-3-10(13)4-9(8)5-11-6-15-12(16)7-14-11/h2-4,11,14H,5-7H2,1H3,(H,15,16). The van der Waals surface area contributed by atoms with E-state index in [1.54, 1.807) is 0 Å². The van der Waals surface area contributed by atoms with Gasteiger partial charge in [-0.1, -0.05) is 17.7 Å². The molecule has 1 aromatic carbocycles. The quantitative estimate of drug-likeness (QED) is 0.815. The van der Waals surface area contributed by atoms with Crippen LogP contribution in [0.25, 0.3) is 0 Å². The zero-order chi connectivity index (χ0) is 11.5. The highest BCUT2D eigenvalue weighted by molar-refractivity contribution is 6.30. The molecule has 1 unspecified atom stereocenters. The molecule has 1 aromatic rings. The molecule has 1 fully saturated rings. The highest BCUT2D eigenvalue weighted by atomic mass is 35.5. The molecule has 3 nitrogen and oxygen atoms in total. The van der Waals surface area contributed by atoms with E-state index in [0.717, 1.165) is 11.4 Å². The van der Waals surface area contributed by atoms with E-state index >= 15 is 0 Å².